The first-order valence-corrected chi connectivity index (χ1v) is 4.46. The zero-order valence-electron chi connectivity index (χ0n) is 8.49. The SMILES string of the molecule is Cc1ccc(C(O)C[N+](=O)[O-])cc1[N+](=O)[O-]. The number of nitro benzene ring substituents is 1. The molecular weight excluding hydrogens is 216 g/mol. The van der Waals surface area contributed by atoms with E-state index in [-0.39, 0.29) is 11.3 Å². The Kier molecular flexibility index (Phi) is 3.51. The van der Waals surface area contributed by atoms with Crippen LogP contribution in [0.15, 0.2) is 18.2 Å². The average Bonchev–Trinajstić information content (AvgIpc) is 2.16. The molecule has 0 saturated heterocycles. The van der Waals surface area contributed by atoms with Crippen LogP contribution in [0.3, 0.4) is 0 Å². The molecule has 0 fully saturated rings. The molecule has 0 spiro atoms. The molecule has 0 radical (unpaired) electrons. The molecule has 0 aromatic heterocycles. The number of hydrogen-bond acceptors (Lipinski definition) is 5. The monoisotopic (exact) mass is 226 g/mol. The van der Waals surface area contributed by atoms with Crippen LogP contribution in [0.4, 0.5) is 5.69 Å². The lowest BCUT2D eigenvalue weighted by molar-refractivity contribution is -0.491. The third kappa shape index (κ3) is 2.74. The van der Waals surface area contributed by atoms with Crippen molar-refractivity contribution in [2.24, 2.45) is 0 Å². The summed E-state index contributed by atoms with van der Waals surface area (Å²) in [6.07, 6.45) is -1.32. The van der Waals surface area contributed by atoms with Crippen LogP contribution in [0.1, 0.15) is 17.2 Å². The summed E-state index contributed by atoms with van der Waals surface area (Å²) in [5.41, 5.74) is 0.468. The normalized spacial score (nSPS) is 12.1. The van der Waals surface area contributed by atoms with E-state index >= 15 is 0 Å². The molecule has 86 valence electrons. The van der Waals surface area contributed by atoms with Gasteiger partial charge in [0.2, 0.25) is 6.54 Å². The molecule has 1 unspecified atom stereocenters. The Bertz CT molecular complexity index is 432. The van der Waals surface area contributed by atoms with Gasteiger partial charge in [-0.15, -0.1) is 0 Å². The van der Waals surface area contributed by atoms with E-state index in [1.807, 2.05) is 0 Å². The van der Waals surface area contributed by atoms with Crippen LogP contribution >= 0.6 is 0 Å². The van der Waals surface area contributed by atoms with Gasteiger partial charge in [-0.05, 0) is 12.5 Å². The van der Waals surface area contributed by atoms with Gasteiger partial charge in [0.1, 0.15) is 6.10 Å². The van der Waals surface area contributed by atoms with Crippen molar-refractivity contribution in [1.82, 2.24) is 0 Å². The second kappa shape index (κ2) is 4.67. The van der Waals surface area contributed by atoms with Crippen molar-refractivity contribution in [2.75, 3.05) is 6.54 Å². The molecule has 16 heavy (non-hydrogen) atoms. The van der Waals surface area contributed by atoms with Crippen LogP contribution in [-0.2, 0) is 0 Å². The summed E-state index contributed by atoms with van der Waals surface area (Å²) in [5, 5.41) is 30.2. The molecule has 0 heterocycles. The Morgan fingerprint density at radius 2 is 2.00 bits per heavy atom. The molecule has 1 N–H and O–H groups in total. The van der Waals surface area contributed by atoms with E-state index in [0.29, 0.717) is 5.56 Å². The molecule has 7 nitrogen and oxygen atoms in total. The standard InChI is InChI=1S/C9H10N2O5/c1-6-2-3-7(4-8(6)11(15)16)9(12)5-10(13)14/h2-4,9,12H,5H2,1H3. The number of nitrogens with zero attached hydrogens (tertiary/aromatic N) is 2. The van der Waals surface area contributed by atoms with Gasteiger partial charge in [-0.1, -0.05) is 12.1 Å². The molecule has 1 rings (SSSR count). The summed E-state index contributed by atoms with van der Waals surface area (Å²) in [6.45, 7) is 0.891. The highest BCUT2D eigenvalue weighted by molar-refractivity contribution is 5.43. The molecule has 1 aromatic carbocycles. The molecule has 0 bridgehead atoms. The minimum absolute atomic E-state index is 0.153. The van der Waals surface area contributed by atoms with E-state index in [0.717, 1.165) is 6.07 Å². The fourth-order valence-electron chi connectivity index (χ4n) is 1.28. The summed E-state index contributed by atoms with van der Waals surface area (Å²) in [6, 6.07) is 4.05. The van der Waals surface area contributed by atoms with Crippen molar-refractivity contribution in [3.63, 3.8) is 0 Å². The fraction of sp³-hybridized carbons (Fsp3) is 0.333. The molecule has 0 aliphatic rings. The molecule has 0 aliphatic heterocycles. The van der Waals surface area contributed by atoms with Crippen molar-refractivity contribution in [3.05, 3.63) is 49.6 Å². The van der Waals surface area contributed by atoms with E-state index in [9.17, 15) is 25.3 Å². The third-order valence-corrected chi connectivity index (χ3v) is 2.14. The van der Waals surface area contributed by atoms with Gasteiger partial charge in [-0.3, -0.25) is 20.2 Å². The first-order valence-electron chi connectivity index (χ1n) is 4.46. The number of nitro groups is 2. The first-order chi connectivity index (χ1) is 7.41. The predicted octanol–water partition coefficient (Wildman–Crippen LogP) is 1.21. The zero-order chi connectivity index (χ0) is 12.3. The Morgan fingerprint density at radius 1 is 1.38 bits per heavy atom. The molecular formula is C9H10N2O5. The number of aliphatic hydroxyl groups is 1. The van der Waals surface area contributed by atoms with Gasteiger partial charge < -0.3 is 5.11 Å². The first kappa shape index (κ1) is 12.1. The van der Waals surface area contributed by atoms with Crippen molar-refractivity contribution >= 4 is 5.69 Å². The van der Waals surface area contributed by atoms with Gasteiger partial charge in [-0.25, -0.2) is 0 Å². The van der Waals surface area contributed by atoms with Crippen molar-refractivity contribution < 1.29 is 15.0 Å². The molecule has 7 heteroatoms. The summed E-state index contributed by atoms with van der Waals surface area (Å²) >= 11 is 0. The smallest absolute Gasteiger partial charge is 0.272 e. The van der Waals surface area contributed by atoms with Crippen molar-refractivity contribution in [3.8, 4) is 0 Å². The fourth-order valence-corrected chi connectivity index (χ4v) is 1.28. The van der Waals surface area contributed by atoms with Crippen LogP contribution in [0.25, 0.3) is 0 Å². The van der Waals surface area contributed by atoms with Crippen molar-refractivity contribution in [1.29, 1.82) is 0 Å². The lowest BCUT2D eigenvalue weighted by Crippen LogP contribution is -2.12. The van der Waals surface area contributed by atoms with Crippen LogP contribution in [0.2, 0.25) is 0 Å². The number of hydrogen-bond donors (Lipinski definition) is 1. The minimum Gasteiger partial charge on any atom is -0.382 e. The van der Waals surface area contributed by atoms with Crippen LogP contribution < -0.4 is 0 Å². The van der Waals surface area contributed by atoms with Crippen molar-refractivity contribution in [2.45, 2.75) is 13.0 Å². The average molecular weight is 226 g/mol. The van der Waals surface area contributed by atoms with Gasteiger partial charge in [0.25, 0.3) is 5.69 Å². The van der Waals surface area contributed by atoms with Gasteiger partial charge >= 0.3 is 0 Å². The summed E-state index contributed by atoms with van der Waals surface area (Å²) in [5.74, 6) is 0. The summed E-state index contributed by atoms with van der Waals surface area (Å²) < 4.78 is 0. The summed E-state index contributed by atoms with van der Waals surface area (Å²) in [4.78, 5) is 19.5. The second-order valence-electron chi connectivity index (χ2n) is 3.33. The Balaban J connectivity index is 3.02. The number of aryl methyl sites for hydroxylation is 1. The molecule has 0 aliphatic carbocycles. The number of aliphatic hydroxyl groups excluding tert-OH is 1. The van der Waals surface area contributed by atoms with E-state index in [4.69, 9.17) is 0 Å². The maximum absolute atomic E-state index is 10.6. The highest BCUT2D eigenvalue weighted by Crippen LogP contribution is 2.23. The Labute approximate surface area is 90.6 Å². The zero-order valence-corrected chi connectivity index (χ0v) is 8.49. The van der Waals surface area contributed by atoms with E-state index in [2.05, 4.69) is 0 Å². The van der Waals surface area contributed by atoms with Gasteiger partial charge in [-0.2, -0.15) is 0 Å². The molecule has 0 saturated carbocycles. The highest BCUT2D eigenvalue weighted by Gasteiger charge is 2.18. The number of rotatable bonds is 4. The van der Waals surface area contributed by atoms with Crippen LogP contribution in [0.5, 0.6) is 0 Å². The highest BCUT2D eigenvalue weighted by atomic mass is 16.6. The van der Waals surface area contributed by atoms with Gasteiger partial charge in [0.15, 0.2) is 0 Å². The predicted molar refractivity (Wildman–Crippen MR) is 54.7 cm³/mol. The third-order valence-electron chi connectivity index (χ3n) is 2.14. The molecule has 0 amide bonds. The van der Waals surface area contributed by atoms with Gasteiger partial charge in [0, 0.05) is 16.6 Å². The molecule has 1 aromatic rings. The van der Waals surface area contributed by atoms with Gasteiger partial charge in [0.05, 0.1) is 4.92 Å². The maximum Gasteiger partial charge on any atom is 0.272 e. The lowest BCUT2D eigenvalue weighted by Gasteiger charge is -2.06. The van der Waals surface area contributed by atoms with E-state index in [1.54, 1.807) is 6.92 Å². The maximum atomic E-state index is 10.6. The molecule has 1 atom stereocenters. The minimum atomic E-state index is -1.32. The second-order valence-corrected chi connectivity index (χ2v) is 3.33. The number of benzene rings is 1. The van der Waals surface area contributed by atoms with E-state index in [1.165, 1.54) is 12.1 Å². The van der Waals surface area contributed by atoms with Crippen LogP contribution in [0, 0.1) is 27.2 Å². The quantitative estimate of drug-likeness (QED) is 0.613. The Hall–Kier alpha value is -2.02. The van der Waals surface area contributed by atoms with Crippen LogP contribution in [-0.4, -0.2) is 21.5 Å². The van der Waals surface area contributed by atoms with E-state index < -0.39 is 22.5 Å². The Morgan fingerprint density at radius 3 is 2.50 bits per heavy atom. The summed E-state index contributed by atoms with van der Waals surface area (Å²) in [7, 11) is 0. The largest absolute Gasteiger partial charge is 0.382 e. The lowest BCUT2D eigenvalue weighted by atomic mass is 10.1. The topological polar surface area (TPSA) is 107 Å².